The lowest BCUT2D eigenvalue weighted by Gasteiger charge is -2.19. The molecule has 4 nitrogen and oxygen atoms in total. The maximum atomic E-state index is 13.4. The van der Waals surface area contributed by atoms with Gasteiger partial charge in [0.05, 0.1) is 11.1 Å². The topological polar surface area (TPSA) is 58.5 Å². The molecule has 0 radical (unpaired) electrons. The molecular weight excluding hydrogens is 315 g/mol. The van der Waals surface area contributed by atoms with E-state index in [9.17, 15) is 12.8 Å². The summed E-state index contributed by atoms with van der Waals surface area (Å²) < 4.78 is 37.7. The Bertz CT molecular complexity index is 807. The lowest BCUT2D eigenvalue weighted by atomic mass is 9.87. The highest BCUT2D eigenvalue weighted by Gasteiger charge is 2.17. The summed E-state index contributed by atoms with van der Waals surface area (Å²) >= 11 is 0. The minimum atomic E-state index is -3.78. The van der Waals surface area contributed by atoms with Crippen molar-refractivity contribution >= 4 is 16.2 Å². The Balaban J connectivity index is 2.15. The number of nitrogens with zero attached hydrogens (tertiary/aromatic N) is 1. The molecule has 0 unspecified atom stereocenters. The first-order valence-corrected chi connectivity index (χ1v) is 8.58. The van der Waals surface area contributed by atoms with Crippen LogP contribution in [0.5, 0.6) is 0 Å². The summed E-state index contributed by atoms with van der Waals surface area (Å²) in [5.41, 5.74) is 1.18. The van der Waals surface area contributed by atoms with Gasteiger partial charge in [-0.25, -0.2) is 9.22 Å². The molecule has 0 amide bonds. The monoisotopic (exact) mass is 334 g/mol. The number of halogens is 1. The summed E-state index contributed by atoms with van der Waals surface area (Å²) in [6.45, 7) is 6.15. The van der Waals surface area contributed by atoms with Crippen LogP contribution in [0.1, 0.15) is 31.9 Å². The number of nitrogens with one attached hydrogen (secondary N) is 1. The van der Waals surface area contributed by atoms with E-state index >= 15 is 0 Å². The highest BCUT2D eigenvalue weighted by Crippen LogP contribution is 2.23. The number of hydrogen-bond donors (Lipinski definition) is 1. The second kappa shape index (κ2) is 6.50. The summed E-state index contributed by atoms with van der Waals surface area (Å²) in [5.74, 6) is -0.468. The zero-order valence-corrected chi connectivity index (χ0v) is 14.1. The summed E-state index contributed by atoms with van der Waals surface area (Å²) in [6, 6.07) is 12.6. The van der Waals surface area contributed by atoms with E-state index in [-0.39, 0.29) is 15.9 Å². The van der Waals surface area contributed by atoms with Crippen molar-refractivity contribution in [3.8, 4) is 0 Å². The van der Waals surface area contributed by atoms with Crippen LogP contribution in [-0.4, -0.2) is 14.6 Å². The predicted molar refractivity (Wildman–Crippen MR) is 89.5 cm³/mol. The number of benzene rings is 2. The van der Waals surface area contributed by atoms with Gasteiger partial charge < -0.3 is 0 Å². The highest BCUT2D eigenvalue weighted by atomic mass is 32.2. The maximum Gasteiger partial charge on any atom is 0.276 e. The first kappa shape index (κ1) is 17.1. The van der Waals surface area contributed by atoms with Crippen molar-refractivity contribution in [3.63, 3.8) is 0 Å². The molecule has 0 fully saturated rings. The van der Waals surface area contributed by atoms with E-state index < -0.39 is 15.8 Å². The molecule has 0 aliphatic heterocycles. The smallest absolute Gasteiger partial charge is 0.206 e. The van der Waals surface area contributed by atoms with E-state index in [0.717, 1.165) is 11.8 Å². The van der Waals surface area contributed by atoms with Gasteiger partial charge in [0, 0.05) is 5.56 Å². The largest absolute Gasteiger partial charge is 0.276 e. The van der Waals surface area contributed by atoms with Crippen LogP contribution in [0.2, 0.25) is 0 Å². The first-order valence-electron chi connectivity index (χ1n) is 7.10. The van der Waals surface area contributed by atoms with Gasteiger partial charge in [0.1, 0.15) is 5.82 Å². The Kier molecular flexibility index (Phi) is 4.85. The lowest BCUT2D eigenvalue weighted by molar-refractivity contribution is 0.580. The van der Waals surface area contributed by atoms with E-state index in [1.807, 2.05) is 20.8 Å². The molecule has 2 rings (SSSR count). The number of rotatable bonds is 4. The summed E-state index contributed by atoms with van der Waals surface area (Å²) in [5, 5.41) is 3.62. The second-order valence-corrected chi connectivity index (χ2v) is 7.81. The normalized spacial score (nSPS) is 12.5. The van der Waals surface area contributed by atoms with Crippen molar-refractivity contribution in [2.24, 2.45) is 5.10 Å². The molecule has 23 heavy (non-hydrogen) atoms. The van der Waals surface area contributed by atoms with Crippen molar-refractivity contribution in [2.45, 2.75) is 31.1 Å². The van der Waals surface area contributed by atoms with E-state index in [4.69, 9.17) is 0 Å². The number of sulfonamides is 1. The fraction of sp³-hybridized carbons (Fsp3) is 0.235. The van der Waals surface area contributed by atoms with E-state index in [1.54, 1.807) is 24.3 Å². The molecule has 2 aromatic carbocycles. The molecule has 1 N–H and O–H groups in total. The molecule has 2 aromatic rings. The zero-order valence-electron chi connectivity index (χ0n) is 13.2. The van der Waals surface area contributed by atoms with E-state index in [2.05, 4.69) is 9.93 Å². The molecule has 122 valence electrons. The van der Waals surface area contributed by atoms with Crippen molar-refractivity contribution in [1.82, 2.24) is 4.83 Å². The van der Waals surface area contributed by atoms with Crippen LogP contribution < -0.4 is 4.83 Å². The molecule has 0 saturated carbocycles. The van der Waals surface area contributed by atoms with E-state index in [0.29, 0.717) is 0 Å². The first-order chi connectivity index (χ1) is 10.7. The fourth-order valence-electron chi connectivity index (χ4n) is 1.93. The third-order valence-electron chi connectivity index (χ3n) is 3.31. The molecule has 0 bridgehead atoms. The van der Waals surface area contributed by atoms with Crippen LogP contribution >= 0.6 is 0 Å². The van der Waals surface area contributed by atoms with Gasteiger partial charge >= 0.3 is 0 Å². The SMILES string of the molecule is CC(C)(C)c1ccc(S(=O)(=O)NN=Cc2ccccc2F)cc1. The van der Waals surface area contributed by atoms with Crippen LogP contribution in [0.15, 0.2) is 58.5 Å². The standard InChI is InChI=1S/C17H19FN2O2S/c1-17(2,3)14-8-10-15(11-9-14)23(21,22)20-19-12-13-6-4-5-7-16(13)18/h4-12,20H,1-3H3. The van der Waals surface area contributed by atoms with Gasteiger partial charge in [-0.05, 0) is 29.2 Å². The Morgan fingerprint density at radius 1 is 1.04 bits per heavy atom. The van der Waals surface area contributed by atoms with Crippen molar-refractivity contribution < 1.29 is 12.8 Å². The van der Waals surface area contributed by atoms with Gasteiger partial charge in [0.2, 0.25) is 0 Å². The summed E-state index contributed by atoms with van der Waals surface area (Å²) in [6.07, 6.45) is 1.14. The third kappa shape index (κ3) is 4.39. The lowest BCUT2D eigenvalue weighted by Crippen LogP contribution is -2.19. The zero-order chi connectivity index (χ0) is 17.1. The predicted octanol–water partition coefficient (Wildman–Crippen LogP) is 3.44. The minimum Gasteiger partial charge on any atom is -0.206 e. The molecule has 0 saturated heterocycles. The molecule has 0 spiro atoms. The molecular formula is C17H19FN2O2S. The summed E-state index contributed by atoms with van der Waals surface area (Å²) in [4.78, 5) is 2.19. The Labute approximate surface area is 136 Å². The number of hydrazone groups is 1. The van der Waals surface area contributed by atoms with Crippen molar-refractivity contribution in [2.75, 3.05) is 0 Å². The van der Waals surface area contributed by atoms with Gasteiger partial charge in [0.25, 0.3) is 10.0 Å². The van der Waals surface area contributed by atoms with Gasteiger partial charge in [-0.2, -0.15) is 13.5 Å². The van der Waals surface area contributed by atoms with Crippen LogP contribution in [0.25, 0.3) is 0 Å². The van der Waals surface area contributed by atoms with Crippen molar-refractivity contribution in [3.05, 3.63) is 65.5 Å². The Hall–Kier alpha value is -2.21. The Morgan fingerprint density at radius 3 is 2.22 bits per heavy atom. The number of hydrogen-bond acceptors (Lipinski definition) is 3. The molecule has 0 heterocycles. The highest BCUT2D eigenvalue weighted by molar-refractivity contribution is 7.89. The molecule has 0 aliphatic carbocycles. The fourth-order valence-corrected chi connectivity index (χ4v) is 2.72. The average Bonchev–Trinajstić information content (AvgIpc) is 2.48. The van der Waals surface area contributed by atoms with E-state index in [1.165, 1.54) is 24.3 Å². The maximum absolute atomic E-state index is 13.4. The Morgan fingerprint density at radius 2 is 1.65 bits per heavy atom. The molecule has 6 heteroatoms. The van der Waals surface area contributed by atoms with Gasteiger partial charge in [-0.3, -0.25) is 0 Å². The van der Waals surface area contributed by atoms with Gasteiger partial charge in [-0.15, -0.1) is 0 Å². The molecule has 0 aliphatic rings. The average molecular weight is 334 g/mol. The van der Waals surface area contributed by atoms with Crippen LogP contribution in [0, 0.1) is 5.82 Å². The third-order valence-corrected chi connectivity index (χ3v) is 4.55. The van der Waals surface area contributed by atoms with Gasteiger partial charge in [-0.1, -0.05) is 51.1 Å². The van der Waals surface area contributed by atoms with Gasteiger partial charge in [0.15, 0.2) is 0 Å². The minimum absolute atomic E-state index is 0.0568. The van der Waals surface area contributed by atoms with Crippen LogP contribution in [0.4, 0.5) is 4.39 Å². The second-order valence-electron chi connectivity index (χ2n) is 6.15. The quantitative estimate of drug-likeness (QED) is 0.688. The van der Waals surface area contributed by atoms with Crippen LogP contribution in [0.3, 0.4) is 0 Å². The van der Waals surface area contributed by atoms with Crippen LogP contribution in [-0.2, 0) is 15.4 Å². The van der Waals surface area contributed by atoms with Crippen molar-refractivity contribution in [1.29, 1.82) is 0 Å². The molecule has 0 aromatic heterocycles. The molecule has 0 atom stereocenters. The summed E-state index contributed by atoms with van der Waals surface area (Å²) in [7, 11) is -3.78.